The summed E-state index contributed by atoms with van der Waals surface area (Å²) in [7, 11) is 0. The molecule has 0 saturated heterocycles. The van der Waals surface area contributed by atoms with Crippen molar-refractivity contribution in [2.24, 2.45) is 0 Å². The van der Waals surface area contributed by atoms with Gasteiger partial charge >= 0.3 is 0 Å². The van der Waals surface area contributed by atoms with Crippen molar-refractivity contribution >= 4 is 17.7 Å². The highest BCUT2D eigenvalue weighted by atomic mass is 32.2. The number of nitrogens with one attached hydrogen (secondary N) is 1. The molecule has 0 spiro atoms. The Morgan fingerprint density at radius 1 is 1.12 bits per heavy atom. The first-order valence-electron chi connectivity index (χ1n) is 7.66. The molecule has 0 saturated carbocycles. The number of hydrogen-bond donors (Lipinski definition) is 1. The number of benzene rings is 2. The lowest BCUT2D eigenvalue weighted by atomic mass is 10.2. The molecule has 0 aliphatic carbocycles. The van der Waals surface area contributed by atoms with E-state index >= 15 is 0 Å². The third-order valence-corrected chi connectivity index (χ3v) is 4.29. The first-order valence-corrected chi connectivity index (χ1v) is 8.64. The zero-order chi connectivity index (χ0) is 16.8. The Labute approximate surface area is 144 Å². The summed E-state index contributed by atoms with van der Waals surface area (Å²) in [6, 6.07) is 17.1. The Balaban J connectivity index is 1.66. The molecule has 0 atom stereocenters. The Bertz CT molecular complexity index is 818. The molecule has 24 heavy (non-hydrogen) atoms. The molecule has 0 unspecified atom stereocenters. The highest BCUT2D eigenvalue weighted by Crippen LogP contribution is 2.22. The summed E-state index contributed by atoms with van der Waals surface area (Å²) in [5, 5.41) is 6.77. The van der Waals surface area contributed by atoms with E-state index in [-0.39, 0.29) is 12.5 Å². The van der Waals surface area contributed by atoms with Crippen LogP contribution >= 0.6 is 11.8 Å². The molecule has 5 nitrogen and oxygen atoms in total. The van der Waals surface area contributed by atoms with Crippen LogP contribution in [0.3, 0.4) is 0 Å². The Morgan fingerprint density at radius 2 is 1.88 bits per heavy atom. The molecule has 0 fully saturated rings. The smallest absolute Gasteiger partial charge is 0.252 e. The minimum Gasteiger partial charge on any atom is -0.343 e. The van der Waals surface area contributed by atoms with Gasteiger partial charge in [-0.2, -0.15) is 4.98 Å². The van der Waals surface area contributed by atoms with Crippen molar-refractivity contribution in [3.05, 3.63) is 66.1 Å². The Morgan fingerprint density at radius 3 is 2.67 bits per heavy atom. The summed E-state index contributed by atoms with van der Waals surface area (Å²) in [4.78, 5) is 17.6. The van der Waals surface area contributed by atoms with Crippen LogP contribution in [0, 0.1) is 0 Å². The van der Waals surface area contributed by atoms with E-state index in [1.807, 2.05) is 54.6 Å². The minimum atomic E-state index is -0.147. The molecule has 6 heteroatoms. The summed E-state index contributed by atoms with van der Waals surface area (Å²) >= 11 is 1.64. The average Bonchev–Trinajstić information content (AvgIpc) is 3.10. The predicted octanol–water partition coefficient (Wildman–Crippen LogP) is 3.78. The van der Waals surface area contributed by atoms with Crippen LogP contribution in [0.1, 0.15) is 23.2 Å². The van der Waals surface area contributed by atoms with Crippen LogP contribution < -0.4 is 5.32 Å². The van der Waals surface area contributed by atoms with Gasteiger partial charge in [0.1, 0.15) is 0 Å². The second-order valence-corrected chi connectivity index (χ2v) is 6.30. The summed E-state index contributed by atoms with van der Waals surface area (Å²) in [5.74, 6) is 1.66. The molecule has 0 radical (unpaired) electrons. The molecule has 1 amide bonds. The standard InChI is InChI=1S/C18H17N3O2S/c1-2-24-15-11-7-6-10-14(15)18(22)19-12-16-20-17(21-23-16)13-8-4-3-5-9-13/h3-11H,2,12H2,1H3,(H,19,22). The van der Waals surface area contributed by atoms with Crippen molar-refractivity contribution < 1.29 is 9.32 Å². The van der Waals surface area contributed by atoms with Crippen molar-refractivity contribution in [1.29, 1.82) is 0 Å². The van der Waals surface area contributed by atoms with Gasteiger partial charge in [-0.05, 0) is 17.9 Å². The maximum atomic E-state index is 12.4. The molecule has 0 bridgehead atoms. The van der Waals surface area contributed by atoms with Gasteiger partial charge in [0, 0.05) is 10.5 Å². The van der Waals surface area contributed by atoms with Crippen LogP contribution in [-0.4, -0.2) is 21.8 Å². The number of aromatic nitrogens is 2. The van der Waals surface area contributed by atoms with E-state index in [2.05, 4.69) is 22.4 Å². The fraction of sp³-hybridized carbons (Fsp3) is 0.167. The summed E-state index contributed by atoms with van der Waals surface area (Å²) in [6.07, 6.45) is 0. The molecule has 3 rings (SSSR count). The Kier molecular flexibility index (Phi) is 5.28. The van der Waals surface area contributed by atoms with E-state index in [0.717, 1.165) is 16.2 Å². The number of hydrogen-bond acceptors (Lipinski definition) is 5. The third kappa shape index (κ3) is 3.83. The molecule has 0 aliphatic rings. The minimum absolute atomic E-state index is 0.147. The molecule has 3 aromatic rings. The van der Waals surface area contributed by atoms with Crippen LogP contribution in [0.2, 0.25) is 0 Å². The van der Waals surface area contributed by atoms with Crippen LogP contribution in [0.25, 0.3) is 11.4 Å². The van der Waals surface area contributed by atoms with Crippen molar-refractivity contribution in [3.8, 4) is 11.4 Å². The zero-order valence-electron chi connectivity index (χ0n) is 13.2. The van der Waals surface area contributed by atoms with E-state index in [1.54, 1.807) is 11.8 Å². The molecular weight excluding hydrogens is 322 g/mol. The van der Waals surface area contributed by atoms with Gasteiger partial charge in [0.2, 0.25) is 11.7 Å². The number of rotatable bonds is 6. The number of amides is 1. The maximum absolute atomic E-state index is 12.4. The van der Waals surface area contributed by atoms with Gasteiger partial charge in [0.15, 0.2) is 0 Å². The lowest BCUT2D eigenvalue weighted by molar-refractivity contribution is 0.0943. The van der Waals surface area contributed by atoms with Gasteiger partial charge in [-0.15, -0.1) is 11.8 Å². The molecule has 122 valence electrons. The molecule has 1 aromatic heterocycles. The van der Waals surface area contributed by atoms with Crippen LogP contribution in [0.5, 0.6) is 0 Å². The van der Waals surface area contributed by atoms with Gasteiger partial charge < -0.3 is 9.84 Å². The van der Waals surface area contributed by atoms with Crippen LogP contribution in [-0.2, 0) is 6.54 Å². The van der Waals surface area contributed by atoms with Gasteiger partial charge in [-0.3, -0.25) is 4.79 Å². The van der Waals surface area contributed by atoms with Crippen molar-refractivity contribution in [2.75, 3.05) is 5.75 Å². The summed E-state index contributed by atoms with van der Waals surface area (Å²) in [6.45, 7) is 2.26. The Hall–Kier alpha value is -2.60. The zero-order valence-corrected chi connectivity index (χ0v) is 14.0. The molecule has 2 aromatic carbocycles. The lowest BCUT2D eigenvalue weighted by Crippen LogP contribution is -2.23. The van der Waals surface area contributed by atoms with Gasteiger partial charge in [0.05, 0.1) is 12.1 Å². The molecule has 0 aliphatic heterocycles. The summed E-state index contributed by atoms with van der Waals surface area (Å²) < 4.78 is 5.20. The molecule has 1 N–H and O–H groups in total. The normalized spacial score (nSPS) is 10.5. The quantitative estimate of drug-likeness (QED) is 0.692. The fourth-order valence-electron chi connectivity index (χ4n) is 2.22. The second kappa shape index (κ2) is 7.79. The summed E-state index contributed by atoms with van der Waals surface area (Å²) in [5.41, 5.74) is 1.54. The highest BCUT2D eigenvalue weighted by Gasteiger charge is 2.13. The predicted molar refractivity (Wildman–Crippen MR) is 93.7 cm³/mol. The largest absolute Gasteiger partial charge is 0.343 e. The second-order valence-electron chi connectivity index (χ2n) is 4.99. The lowest BCUT2D eigenvalue weighted by Gasteiger charge is -2.07. The first-order chi connectivity index (χ1) is 11.8. The van der Waals surface area contributed by atoms with Crippen LogP contribution in [0.15, 0.2) is 64.0 Å². The van der Waals surface area contributed by atoms with E-state index in [4.69, 9.17) is 4.52 Å². The van der Waals surface area contributed by atoms with Gasteiger partial charge in [-0.1, -0.05) is 54.5 Å². The van der Waals surface area contributed by atoms with Crippen molar-refractivity contribution in [2.45, 2.75) is 18.4 Å². The molecule has 1 heterocycles. The third-order valence-electron chi connectivity index (χ3n) is 3.33. The van der Waals surface area contributed by atoms with Gasteiger partial charge in [0.25, 0.3) is 5.91 Å². The monoisotopic (exact) mass is 339 g/mol. The van der Waals surface area contributed by atoms with Crippen LogP contribution in [0.4, 0.5) is 0 Å². The topological polar surface area (TPSA) is 68.0 Å². The van der Waals surface area contributed by atoms with E-state index in [1.165, 1.54) is 0 Å². The number of thioether (sulfide) groups is 1. The van der Waals surface area contributed by atoms with E-state index in [0.29, 0.717) is 17.3 Å². The first kappa shape index (κ1) is 16.3. The number of carbonyl (C=O) groups is 1. The van der Waals surface area contributed by atoms with Crippen molar-refractivity contribution in [3.63, 3.8) is 0 Å². The average molecular weight is 339 g/mol. The number of carbonyl (C=O) groups excluding carboxylic acids is 1. The SMILES string of the molecule is CCSc1ccccc1C(=O)NCc1nc(-c2ccccc2)no1. The van der Waals surface area contributed by atoms with Gasteiger partial charge in [-0.25, -0.2) is 0 Å². The molecular formula is C18H17N3O2S. The van der Waals surface area contributed by atoms with E-state index < -0.39 is 0 Å². The fourth-order valence-corrected chi connectivity index (χ4v) is 3.02. The highest BCUT2D eigenvalue weighted by molar-refractivity contribution is 7.99. The maximum Gasteiger partial charge on any atom is 0.252 e. The van der Waals surface area contributed by atoms with Crippen molar-refractivity contribution in [1.82, 2.24) is 15.5 Å². The number of nitrogens with zero attached hydrogens (tertiary/aromatic N) is 2. The van der Waals surface area contributed by atoms with E-state index in [9.17, 15) is 4.79 Å².